The summed E-state index contributed by atoms with van der Waals surface area (Å²) in [6, 6.07) is 20.3. The summed E-state index contributed by atoms with van der Waals surface area (Å²) in [7, 11) is 3.13. The number of methoxy groups -OCH3 is 2. The number of carbonyl (C=O) groups excluding carboxylic acids is 1. The van der Waals surface area contributed by atoms with Gasteiger partial charge in [0.2, 0.25) is 5.36 Å². The topological polar surface area (TPSA) is 47.8 Å². The SMILES string of the molecule is COC(=O)c1ccccc1C1=c2cc3c4c(c2Oc2c1ccc1cccc(OC)c21)CCC[N+]=4CCC3.[Cl-]. The van der Waals surface area contributed by atoms with Gasteiger partial charge in [0.1, 0.15) is 30.3 Å². The van der Waals surface area contributed by atoms with Gasteiger partial charge in [0.15, 0.2) is 0 Å². The molecule has 3 aliphatic rings. The number of esters is 1. The van der Waals surface area contributed by atoms with Gasteiger partial charge in [-0.25, -0.2) is 9.37 Å². The van der Waals surface area contributed by atoms with Crippen molar-refractivity contribution in [3.8, 4) is 17.2 Å². The summed E-state index contributed by atoms with van der Waals surface area (Å²) in [5.74, 6) is 2.11. The molecule has 0 atom stereocenters. The Kier molecular flexibility index (Phi) is 6.11. The van der Waals surface area contributed by atoms with Crippen LogP contribution in [0.5, 0.6) is 17.2 Å². The highest BCUT2D eigenvalue weighted by atomic mass is 35.5. The highest BCUT2D eigenvalue weighted by Gasteiger charge is 2.33. The maximum absolute atomic E-state index is 12.9. The normalized spacial score (nSPS) is 15.0. The molecule has 4 aromatic rings. The van der Waals surface area contributed by atoms with E-state index in [9.17, 15) is 4.79 Å². The van der Waals surface area contributed by atoms with Crippen LogP contribution in [0.2, 0.25) is 0 Å². The molecule has 0 N–H and O–H groups in total. The second kappa shape index (κ2) is 9.48. The van der Waals surface area contributed by atoms with Crippen LogP contribution in [0, 0.1) is 0 Å². The van der Waals surface area contributed by atoms with Crippen molar-refractivity contribution in [1.29, 1.82) is 0 Å². The quantitative estimate of drug-likeness (QED) is 0.264. The summed E-state index contributed by atoms with van der Waals surface area (Å²) in [6.45, 7) is 2.18. The van der Waals surface area contributed by atoms with Gasteiger partial charge in [-0.15, -0.1) is 0 Å². The smallest absolute Gasteiger partial charge is 0.338 e. The van der Waals surface area contributed by atoms with E-state index in [-0.39, 0.29) is 18.4 Å². The summed E-state index contributed by atoms with van der Waals surface area (Å²) < 4.78 is 20.5. The molecular weight excluding hydrogens is 498 g/mol. The molecule has 0 saturated heterocycles. The average Bonchev–Trinajstić information content (AvgIpc) is 2.95. The van der Waals surface area contributed by atoms with Gasteiger partial charge in [-0.1, -0.05) is 36.4 Å². The summed E-state index contributed by atoms with van der Waals surface area (Å²) in [4.78, 5) is 12.9. The van der Waals surface area contributed by atoms with Crippen molar-refractivity contribution in [2.24, 2.45) is 0 Å². The van der Waals surface area contributed by atoms with Crippen LogP contribution < -0.4 is 37.0 Å². The second-order valence-corrected chi connectivity index (χ2v) is 9.95. The number of hydrogen-bond donors (Lipinski definition) is 0. The van der Waals surface area contributed by atoms with Gasteiger partial charge in [0, 0.05) is 34.8 Å². The molecular formula is C32H28ClNO4. The zero-order valence-corrected chi connectivity index (χ0v) is 22.2. The van der Waals surface area contributed by atoms with E-state index in [1.54, 1.807) is 7.11 Å². The maximum Gasteiger partial charge on any atom is 0.338 e. The van der Waals surface area contributed by atoms with E-state index in [1.165, 1.54) is 23.6 Å². The van der Waals surface area contributed by atoms with Crippen LogP contribution in [0.4, 0.5) is 0 Å². The van der Waals surface area contributed by atoms with Crippen LogP contribution in [-0.2, 0) is 17.6 Å². The standard InChI is InChI=1S/C32H28NO4.ClH/c1-35-26-13-5-8-19-14-15-23-28(21-10-3-4-11-22(21)32(34)36-2)25-18-20-9-6-16-33-17-7-12-24(29(20)33)30(25)37-31(23)27(19)26;/h3-5,8,10-11,13-15,18H,6-7,9,12,16-17H2,1-2H3;1H/q+1;/p-1. The predicted molar refractivity (Wildman–Crippen MR) is 143 cm³/mol. The lowest BCUT2D eigenvalue weighted by atomic mass is 9.85. The molecule has 4 aromatic carbocycles. The van der Waals surface area contributed by atoms with E-state index < -0.39 is 0 Å². The van der Waals surface area contributed by atoms with Crippen molar-refractivity contribution >= 4 is 22.3 Å². The van der Waals surface area contributed by atoms with Crippen LogP contribution >= 0.6 is 0 Å². The number of rotatable bonds is 3. The molecule has 7 rings (SSSR count). The third kappa shape index (κ3) is 3.52. The molecule has 5 nitrogen and oxygen atoms in total. The number of nitrogens with zero attached hydrogens (tertiary/aromatic N) is 1. The van der Waals surface area contributed by atoms with Crippen molar-refractivity contribution in [3.63, 3.8) is 0 Å². The minimum atomic E-state index is -0.346. The van der Waals surface area contributed by atoms with Crippen molar-refractivity contribution in [2.75, 3.05) is 27.3 Å². The molecule has 0 fully saturated rings. The minimum absolute atomic E-state index is 0. The van der Waals surface area contributed by atoms with Gasteiger partial charge in [0.05, 0.1) is 30.7 Å². The highest BCUT2D eigenvalue weighted by molar-refractivity contribution is 6.04. The van der Waals surface area contributed by atoms with E-state index in [1.807, 2.05) is 36.4 Å². The van der Waals surface area contributed by atoms with Gasteiger partial charge >= 0.3 is 5.97 Å². The molecule has 0 spiro atoms. The van der Waals surface area contributed by atoms with Gasteiger partial charge in [0.25, 0.3) is 0 Å². The summed E-state index contributed by atoms with van der Waals surface area (Å²) in [5, 5.41) is 4.40. The number of fused-ring (bicyclic) bond motifs is 5. The van der Waals surface area contributed by atoms with Gasteiger partial charge in [-0.05, 0) is 48.1 Å². The van der Waals surface area contributed by atoms with E-state index in [0.717, 1.165) is 88.7 Å². The second-order valence-electron chi connectivity index (χ2n) is 9.95. The van der Waals surface area contributed by atoms with Crippen molar-refractivity contribution in [2.45, 2.75) is 25.7 Å². The number of carbonyl (C=O) groups is 1. The zero-order chi connectivity index (χ0) is 25.1. The van der Waals surface area contributed by atoms with Crippen LogP contribution in [0.1, 0.15) is 45.5 Å². The molecule has 6 heteroatoms. The number of ether oxygens (including phenoxy) is 3. The number of benzene rings is 4. The molecule has 38 heavy (non-hydrogen) atoms. The van der Waals surface area contributed by atoms with Crippen molar-refractivity contribution in [1.82, 2.24) is 4.58 Å². The number of aryl methyl sites for hydroxylation is 1. The molecule has 0 bridgehead atoms. The van der Waals surface area contributed by atoms with Gasteiger partial charge in [-0.3, -0.25) is 0 Å². The minimum Gasteiger partial charge on any atom is -1.00 e. The zero-order valence-electron chi connectivity index (χ0n) is 21.5. The Morgan fingerprint density at radius 3 is 2.53 bits per heavy atom. The van der Waals surface area contributed by atoms with Gasteiger partial charge in [-0.2, -0.15) is 0 Å². The third-order valence-electron chi connectivity index (χ3n) is 8.00. The first-order valence-electron chi connectivity index (χ1n) is 13.0. The third-order valence-corrected chi connectivity index (χ3v) is 8.00. The van der Waals surface area contributed by atoms with Crippen LogP contribution in [-0.4, -0.2) is 33.3 Å². The molecule has 0 unspecified atom stereocenters. The Bertz CT molecular complexity index is 1750. The fraction of sp³-hybridized carbons (Fsp3) is 0.250. The first kappa shape index (κ1) is 24.5. The number of halogens is 1. The molecule has 192 valence electrons. The Balaban J connectivity index is 0.00000264. The molecule has 0 saturated carbocycles. The van der Waals surface area contributed by atoms with Gasteiger partial charge < -0.3 is 26.6 Å². The summed E-state index contributed by atoms with van der Waals surface area (Å²) in [6.07, 6.45) is 4.28. The van der Waals surface area contributed by atoms with E-state index in [2.05, 4.69) is 28.8 Å². The van der Waals surface area contributed by atoms with Crippen LogP contribution in [0.15, 0.2) is 60.7 Å². The number of hydrogen-bond acceptors (Lipinski definition) is 4. The van der Waals surface area contributed by atoms with Crippen molar-refractivity contribution < 1.29 is 31.4 Å². The monoisotopic (exact) mass is 525 g/mol. The molecule has 0 aliphatic carbocycles. The Morgan fingerprint density at radius 1 is 0.895 bits per heavy atom. The lowest BCUT2D eigenvalue weighted by molar-refractivity contribution is -0.0000225. The van der Waals surface area contributed by atoms with Crippen molar-refractivity contribution in [3.05, 3.63) is 99.1 Å². The molecule has 3 heterocycles. The predicted octanol–water partition coefficient (Wildman–Crippen LogP) is 1.38. The van der Waals surface area contributed by atoms with E-state index in [4.69, 9.17) is 14.2 Å². The van der Waals surface area contributed by atoms with E-state index in [0.29, 0.717) is 5.56 Å². The molecule has 3 aliphatic heterocycles. The fourth-order valence-corrected chi connectivity index (χ4v) is 6.45. The van der Waals surface area contributed by atoms with Crippen LogP contribution in [0.3, 0.4) is 0 Å². The first-order valence-corrected chi connectivity index (χ1v) is 13.0. The summed E-state index contributed by atoms with van der Waals surface area (Å²) >= 11 is 0. The Morgan fingerprint density at radius 2 is 1.71 bits per heavy atom. The Hall–Kier alpha value is -3.83. The highest BCUT2D eigenvalue weighted by Crippen LogP contribution is 2.45. The first-order chi connectivity index (χ1) is 18.2. The molecule has 0 aromatic heterocycles. The van der Waals surface area contributed by atoms with E-state index >= 15 is 0 Å². The average molecular weight is 526 g/mol. The maximum atomic E-state index is 12.9. The Labute approximate surface area is 227 Å². The van der Waals surface area contributed by atoms with Crippen LogP contribution in [0.25, 0.3) is 16.3 Å². The lowest BCUT2D eigenvalue weighted by Gasteiger charge is -2.28. The largest absolute Gasteiger partial charge is 1.00 e. The molecule has 0 radical (unpaired) electrons. The fourth-order valence-electron chi connectivity index (χ4n) is 6.45. The summed E-state index contributed by atoms with van der Waals surface area (Å²) in [5.41, 5.74) is 6.02. The molecule has 0 amide bonds. The lowest BCUT2D eigenvalue weighted by Crippen LogP contribution is -3.00.